The fraction of sp³-hybridized carbons (Fsp3) is 0.111. The molecular formula is C9H6FNO2. The lowest BCUT2D eigenvalue weighted by atomic mass is 10.2. The number of aromatic nitrogens is 1. The molecule has 0 aliphatic rings. The molecule has 0 N–H and O–H groups in total. The molecule has 0 amide bonds. The van der Waals surface area contributed by atoms with Gasteiger partial charge in [-0.15, -0.1) is 0 Å². The molecule has 4 heteroatoms. The van der Waals surface area contributed by atoms with E-state index in [0.29, 0.717) is 11.9 Å². The van der Waals surface area contributed by atoms with Crippen LogP contribution in [0.3, 0.4) is 0 Å². The van der Waals surface area contributed by atoms with Gasteiger partial charge in [-0.1, -0.05) is 6.07 Å². The van der Waals surface area contributed by atoms with Crippen LogP contribution in [0.1, 0.15) is 16.2 Å². The number of nitrogens with zero attached hydrogens (tertiary/aromatic N) is 1. The van der Waals surface area contributed by atoms with Crippen molar-refractivity contribution >= 4 is 17.4 Å². The average Bonchev–Trinajstić information content (AvgIpc) is 2.56. The molecule has 0 saturated heterocycles. The first-order valence-corrected chi connectivity index (χ1v) is 3.73. The normalized spacial score (nSPS) is 10.6. The van der Waals surface area contributed by atoms with Gasteiger partial charge in [-0.2, -0.15) is 0 Å². The molecule has 13 heavy (non-hydrogen) atoms. The SMILES string of the molecule is Cc1ccc(F)c2nc(C=O)oc12. The van der Waals surface area contributed by atoms with Crippen LogP contribution in [-0.2, 0) is 0 Å². The molecule has 0 radical (unpaired) electrons. The van der Waals surface area contributed by atoms with E-state index in [-0.39, 0.29) is 11.4 Å². The van der Waals surface area contributed by atoms with Gasteiger partial charge < -0.3 is 4.42 Å². The zero-order valence-corrected chi connectivity index (χ0v) is 6.87. The summed E-state index contributed by atoms with van der Waals surface area (Å²) in [5.41, 5.74) is 1.21. The summed E-state index contributed by atoms with van der Waals surface area (Å²) in [6.07, 6.45) is 0.457. The van der Waals surface area contributed by atoms with Crippen molar-refractivity contribution in [1.82, 2.24) is 4.98 Å². The minimum Gasteiger partial charge on any atom is -0.434 e. The largest absolute Gasteiger partial charge is 0.434 e. The highest BCUT2D eigenvalue weighted by Gasteiger charge is 2.10. The maximum Gasteiger partial charge on any atom is 0.260 e. The van der Waals surface area contributed by atoms with Gasteiger partial charge in [-0.3, -0.25) is 4.79 Å². The van der Waals surface area contributed by atoms with Crippen molar-refractivity contribution in [1.29, 1.82) is 0 Å². The standard InChI is InChI=1S/C9H6FNO2/c1-5-2-3-6(10)8-9(5)13-7(4-12)11-8/h2-4H,1H3. The number of aryl methyl sites for hydroxylation is 1. The van der Waals surface area contributed by atoms with Gasteiger partial charge in [0.25, 0.3) is 5.89 Å². The fourth-order valence-electron chi connectivity index (χ4n) is 1.17. The van der Waals surface area contributed by atoms with Gasteiger partial charge in [-0.05, 0) is 18.6 Å². The Bertz CT molecular complexity index is 437. The Kier molecular flexibility index (Phi) is 1.62. The van der Waals surface area contributed by atoms with Crippen LogP contribution >= 0.6 is 0 Å². The van der Waals surface area contributed by atoms with E-state index in [1.54, 1.807) is 13.0 Å². The summed E-state index contributed by atoms with van der Waals surface area (Å²) < 4.78 is 18.1. The predicted octanol–water partition coefficient (Wildman–Crippen LogP) is 2.09. The lowest BCUT2D eigenvalue weighted by Crippen LogP contribution is -1.80. The van der Waals surface area contributed by atoms with Crippen LogP contribution in [-0.4, -0.2) is 11.3 Å². The van der Waals surface area contributed by atoms with E-state index in [2.05, 4.69) is 4.98 Å². The molecule has 3 nitrogen and oxygen atoms in total. The number of oxazole rings is 1. The van der Waals surface area contributed by atoms with E-state index < -0.39 is 5.82 Å². The second-order valence-electron chi connectivity index (χ2n) is 2.71. The van der Waals surface area contributed by atoms with Crippen LogP contribution in [0.25, 0.3) is 11.1 Å². The predicted molar refractivity (Wildman–Crippen MR) is 44.1 cm³/mol. The third-order valence-electron chi connectivity index (χ3n) is 1.81. The van der Waals surface area contributed by atoms with Crippen molar-refractivity contribution in [2.24, 2.45) is 0 Å². The molecule has 0 saturated carbocycles. The van der Waals surface area contributed by atoms with E-state index in [1.165, 1.54) is 6.07 Å². The van der Waals surface area contributed by atoms with Gasteiger partial charge in [0.2, 0.25) is 6.29 Å². The molecule has 0 atom stereocenters. The van der Waals surface area contributed by atoms with Crippen LogP contribution in [0.5, 0.6) is 0 Å². The maximum atomic E-state index is 13.1. The molecule has 0 aliphatic carbocycles. The van der Waals surface area contributed by atoms with Gasteiger partial charge in [0.15, 0.2) is 11.4 Å². The third-order valence-corrected chi connectivity index (χ3v) is 1.81. The van der Waals surface area contributed by atoms with Crippen LogP contribution < -0.4 is 0 Å². The van der Waals surface area contributed by atoms with Crippen LogP contribution in [0.15, 0.2) is 16.5 Å². The maximum absolute atomic E-state index is 13.1. The number of fused-ring (bicyclic) bond motifs is 1. The molecular weight excluding hydrogens is 173 g/mol. The van der Waals surface area contributed by atoms with Crippen molar-refractivity contribution in [2.75, 3.05) is 0 Å². The highest BCUT2D eigenvalue weighted by molar-refractivity contribution is 5.81. The van der Waals surface area contributed by atoms with Crippen molar-refractivity contribution in [3.05, 3.63) is 29.4 Å². The molecule has 0 spiro atoms. The van der Waals surface area contributed by atoms with Crippen molar-refractivity contribution in [2.45, 2.75) is 6.92 Å². The van der Waals surface area contributed by atoms with E-state index >= 15 is 0 Å². The number of rotatable bonds is 1. The van der Waals surface area contributed by atoms with E-state index in [0.717, 1.165) is 5.56 Å². The Hall–Kier alpha value is -1.71. The molecule has 2 rings (SSSR count). The Balaban J connectivity index is 2.87. The van der Waals surface area contributed by atoms with Gasteiger partial charge in [0.05, 0.1) is 0 Å². The van der Waals surface area contributed by atoms with Crippen molar-refractivity contribution in [3.8, 4) is 0 Å². The minimum atomic E-state index is -0.475. The summed E-state index contributed by atoms with van der Waals surface area (Å²) >= 11 is 0. The molecule has 0 unspecified atom stereocenters. The summed E-state index contributed by atoms with van der Waals surface area (Å²) in [4.78, 5) is 14.0. The number of carbonyl (C=O) groups is 1. The number of carbonyl (C=O) groups excluding carboxylic acids is 1. The molecule has 0 bridgehead atoms. The molecule has 0 fully saturated rings. The van der Waals surface area contributed by atoms with E-state index in [9.17, 15) is 9.18 Å². The Morgan fingerprint density at radius 3 is 2.92 bits per heavy atom. The second kappa shape index (κ2) is 2.65. The zero-order chi connectivity index (χ0) is 9.42. The van der Waals surface area contributed by atoms with Gasteiger partial charge >= 0.3 is 0 Å². The monoisotopic (exact) mass is 179 g/mol. The first kappa shape index (κ1) is 7.91. The smallest absolute Gasteiger partial charge is 0.260 e. The Morgan fingerprint density at radius 2 is 2.31 bits per heavy atom. The molecule has 0 aliphatic heterocycles. The summed E-state index contributed by atoms with van der Waals surface area (Å²) in [5, 5.41) is 0. The molecule has 2 aromatic rings. The van der Waals surface area contributed by atoms with Gasteiger partial charge in [0, 0.05) is 0 Å². The topological polar surface area (TPSA) is 43.1 Å². The highest BCUT2D eigenvalue weighted by Crippen LogP contribution is 2.21. The third kappa shape index (κ3) is 1.11. The first-order valence-electron chi connectivity index (χ1n) is 3.73. The van der Waals surface area contributed by atoms with Gasteiger partial charge in [0.1, 0.15) is 5.52 Å². The number of hydrogen-bond acceptors (Lipinski definition) is 3. The Morgan fingerprint density at radius 1 is 1.54 bits per heavy atom. The summed E-state index contributed by atoms with van der Waals surface area (Å²) in [7, 11) is 0. The number of aldehydes is 1. The van der Waals surface area contributed by atoms with Gasteiger partial charge in [-0.25, -0.2) is 9.37 Å². The summed E-state index contributed by atoms with van der Waals surface area (Å²) in [6, 6.07) is 2.88. The van der Waals surface area contributed by atoms with Crippen molar-refractivity contribution < 1.29 is 13.6 Å². The van der Waals surface area contributed by atoms with Crippen LogP contribution in [0.4, 0.5) is 4.39 Å². The molecule has 66 valence electrons. The highest BCUT2D eigenvalue weighted by atomic mass is 19.1. The fourth-order valence-corrected chi connectivity index (χ4v) is 1.17. The number of hydrogen-bond donors (Lipinski definition) is 0. The van der Waals surface area contributed by atoms with Crippen LogP contribution in [0.2, 0.25) is 0 Å². The second-order valence-corrected chi connectivity index (χ2v) is 2.71. The Labute approximate surface area is 73.2 Å². The summed E-state index contributed by atoms with van der Waals surface area (Å²) in [6.45, 7) is 1.77. The molecule has 1 heterocycles. The van der Waals surface area contributed by atoms with Crippen molar-refractivity contribution in [3.63, 3.8) is 0 Å². The first-order chi connectivity index (χ1) is 6.22. The lowest BCUT2D eigenvalue weighted by Gasteiger charge is -1.92. The molecule has 1 aromatic carbocycles. The lowest BCUT2D eigenvalue weighted by molar-refractivity contribution is 0.109. The zero-order valence-electron chi connectivity index (χ0n) is 6.87. The van der Waals surface area contributed by atoms with E-state index in [4.69, 9.17) is 4.42 Å². The van der Waals surface area contributed by atoms with Crippen LogP contribution in [0, 0.1) is 12.7 Å². The summed E-state index contributed by atoms with van der Waals surface area (Å²) in [5.74, 6) is -0.569. The number of benzene rings is 1. The quantitative estimate of drug-likeness (QED) is 0.629. The molecule has 1 aromatic heterocycles. The average molecular weight is 179 g/mol. The minimum absolute atomic E-state index is 0.0943. The number of halogens is 1. The van der Waals surface area contributed by atoms with E-state index in [1.807, 2.05) is 0 Å².